The number of amides is 1. The van der Waals surface area contributed by atoms with Crippen LogP contribution < -0.4 is 5.32 Å². The number of carbonyl (C=O) groups excluding carboxylic acids is 1. The quantitative estimate of drug-likeness (QED) is 0.880. The average Bonchev–Trinajstić information content (AvgIpc) is 3.07. The summed E-state index contributed by atoms with van der Waals surface area (Å²) in [6, 6.07) is 12.7. The van der Waals surface area contributed by atoms with Gasteiger partial charge in [0.15, 0.2) is 0 Å². The van der Waals surface area contributed by atoms with Crippen LogP contribution in [0.2, 0.25) is 0 Å². The molecule has 5 heteroatoms. The lowest BCUT2D eigenvalue weighted by atomic mass is 9.89. The van der Waals surface area contributed by atoms with Crippen molar-refractivity contribution in [3.05, 3.63) is 53.9 Å². The van der Waals surface area contributed by atoms with Crippen molar-refractivity contribution >= 4 is 5.91 Å². The van der Waals surface area contributed by atoms with Gasteiger partial charge in [-0.1, -0.05) is 37.3 Å². The van der Waals surface area contributed by atoms with E-state index < -0.39 is 0 Å². The topological polar surface area (TPSA) is 50.2 Å². The summed E-state index contributed by atoms with van der Waals surface area (Å²) in [5.41, 5.74) is 2.48. The number of hydrogen-bond donors (Lipinski definition) is 1. The van der Waals surface area contributed by atoms with E-state index in [-0.39, 0.29) is 11.9 Å². The van der Waals surface area contributed by atoms with Gasteiger partial charge in [-0.2, -0.15) is 5.10 Å². The maximum atomic E-state index is 12.5. The molecule has 1 aromatic carbocycles. The average molecular weight is 340 g/mol. The fourth-order valence-electron chi connectivity index (χ4n) is 3.70. The fraction of sp³-hybridized carbons (Fsp3) is 0.500. The first-order valence-electron chi connectivity index (χ1n) is 9.22. The number of rotatable bonds is 6. The molecule has 1 amide bonds. The van der Waals surface area contributed by atoms with Crippen LogP contribution in [0.15, 0.2) is 42.6 Å². The first kappa shape index (κ1) is 17.7. The zero-order chi connectivity index (χ0) is 17.6. The van der Waals surface area contributed by atoms with E-state index in [0.29, 0.717) is 12.5 Å². The van der Waals surface area contributed by atoms with Crippen LogP contribution in [0.25, 0.3) is 0 Å². The lowest BCUT2D eigenvalue weighted by Crippen LogP contribution is -2.42. The number of likely N-dealkylation sites (tertiary alicyclic amines) is 1. The molecule has 0 aliphatic carbocycles. The van der Waals surface area contributed by atoms with Crippen molar-refractivity contribution in [3.8, 4) is 0 Å². The molecule has 0 spiro atoms. The summed E-state index contributed by atoms with van der Waals surface area (Å²) in [6.45, 7) is 4.53. The molecule has 0 radical (unpaired) electrons. The molecule has 1 aliphatic rings. The van der Waals surface area contributed by atoms with Gasteiger partial charge in [-0.15, -0.1) is 0 Å². The van der Waals surface area contributed by atoms with E-state index in [1.54, 1.807) is 6.20 Å². The highest BCUT2D eigenvalue weighted by Gasteiger charge is 2.23. The molecule has 0 unspecified atom stereocenters. The van der Waals surface area contributed by atoms with Crippen LogP contribution in [0.1, 0.15) is 49.4 Å². The van der Waals surface area contributed by atoms with Gasteiger partial charge in [-0.05, 0) is 49.9 Å². The van der Waals surface area contributed by atoms with E-state index in [4.69, 9.17) is 0 Å². The fourth-order valence-corrected chi connectivity index (χ4v) is 3.70. The van der Waals surface area contributed by atoms with E-state index in [1.807, 2.05) is 17.8 Å². The van der Waals surface area contributed by atoms with Crippen molar-refractivity contribution in [3.63, 3.8) is 0 Å². The van der Waals surface area contributed by atoms with Gasteiger partial charge >= 0.3 is 0 Å². The van der Waals surface area contributed by atoms with Gasteiger partial charge in [0.25, 0.3) is 0 Å². The Morgan fingerprint density at radius 1 is 1.24 bits per heavy atom. The first-order chi connectivity index (χ1) is 12.2. The molecule has 1 N–H and O–H groups in total. The third-order valence-corrected chi connectivity index (χ3v) is 5.19. The van der Waals surface area contributed by atoms with Gasteiger partial charge in [-0.3, -0.25) is 14.4 Å². The third-order valence-electron chi connectivity index (χ3n) is 5.19. The molecule has 1 aromatic heterocycles. The minimum absolute atomic E-state index is 0.0295. The number of nitrogens with one attached hydrogen (secondary N) is 1. The molecule has 5 nitrogen and oxygen atoms in total. The standard InChI is InChI=1S/C20H28N4O/c1-3-18(19-9-12-21-23(19)2)22-20(25)15-24-13-10-17(11-14-24)16-7-5-4-6-8-16/h4-9,12,17-18H,3,10-11,13-15H2,1-2H3,(H,22,25)/t18-/m1/s1. The predicted octanol–water partition coefficient (Wildman–Crippen LogP) is 2.87. The highest BCUT2D eigenvalue weighted by molar-refractivity contribution is 5.78. The van der Waals surface area contributed by atoms with Gasteiger partial charge in [0.1, 0.15) is 0 Å². The molecule has 25 heavy (non-hydrogen) atoms. The molecule has 1 atom stereocenters. The van der Waals surface area contributed by atoms with Gasteiger partial charge in [0.05, 0.1) is 18.3 Å². The zero-order valence-electron chi connectivity index (χ0n) is 15.2. The van der Waals surface area contributed by atoms with E-state index in [0.717, 1.165) is 38.0 Å². The number of benzene rings is 1. The summed E-state index contributed by atoms with van der Waals surface area (Å²) in [5.74, 6) is 0.726. The third kappa shape index (κ3) is 4.48. The summed E-state index contributed by atoms with van der Waals surface area (Å²) in [7, 11) is 1.92. The summed E-state index contributed by atoms with van der Waals surface area (Å²) >= 11 is 0. The maximum absolute atomic E-state index is 12.5. The smallest absolute Gasteiger partial charge is 0.234 e. The predicted molar refractivity (Wildman–Crippen MR) is 99.2 cm³/mol. The van der Waals surface area contributed by atoms with Crippen LogP contribution in [0.4, 0.5) is 0 Å². The largest absolute Gasteiger partial charge is 0.347 e. The van der Waals surface area contributed by atoms with Crippen LogP contribution in [0.3, 0.4) is 0 Å². The van der Waals surface area contributed by atoms with Crippen LogP contribution in [-0.4, -0.2) is 40.2 Å². The summed E-state index contributed by atoms with van der Waals surface area (Å²) < 4.78 is 1.83. The van der Waals surface area contributed by atoms with Crippen molar-refractivity contribution in [1.82, 2.24) is 20.0 Å². The number of hydrogen-bond acceptors (Lipinski definition) is 3. The number of piperidine rings is 1. The van der Waals surface area contributed by atoms with E-state index in [1.165, 1.54) is 5.56 Å². The van der Waals surface area contributed by atoms with E-state index in [9.17, 15) is 4.79 Å². The van der Waals surface area contributed by atoms with Crippen LogP contribution in [0.5, 0.6) is 0 Å². The second kappa shape index (κ2) is 8.30. The molecule has 2 heterocycles. The van der Waals surface area contributed by atoms with Crippen molar-refractivity contribution in [2.45, 2.75) is 38.1 Å². The Labute approximate surface area is 150 Å². The van der Waals surface area contributed by atoms with Crippen molar-refractivity contribution in [1.29, 1.82) is 0 Å². The Bertz CT molecular complexity index is 674. The second-order valence-electron chi connectivity index (χ2n) is 6.87. The molecule has 0 saturated carbocycles. The van der Waals surface area contributed by atoms with Crippen molar-refractivity contribution in [2.75, 3.05) is 19.6 Å². The summed E-state index contributed by atoms with van der Waals surface area (Å²) in [5, 5.41) is 7.36. The molecule has 3 rings (SSSR count). The molecular formula is C20H28N4O. The number of nitrogens with zero attached hydrogens (tertiary/aromatic N) is 3. The van der Waals surface area contributed by atoms with Gasteiger partial charge in [0.2, 0.25) is 5.91 Å². The van der Waals surface area contributed by atoms with E-state index in [2.05, 4.69) is 52.6 Å². The van der Waals surface area contributed by atoms with Crippen LogP contribution >= 0.6 is 0 Å². The zero-order valence-corrected chi connectivity index (χ0v) is 15.2. The molecule has 0 bridgehead atoms. The summed E-state index contributed by atoms with van der Waals surface area (Å²) in [6.07, 6.45) is 4.88. The highest BCUT2D eigenvalue weighted by atomic mass is 16.2. The molecule has 2 aromatic rings. The van der Waals surface area contributed by atoms with Crippen LogP contribution in [-0.2, 0) is 11.8 Å². The van der Waals surface area contributed by atoms with Crippen LogP contribution in [0, 0.1) is 0 Å². The van der Waals surface area contributed by atoms with Gasteiger partial charge in [0, 0.05) is 13.2 Å². The number of aryl methyl sites for hydroxylation is 1. The molecular weight excluding hydrogens is 312 g/mol. The minimum atomic E-state index is 0.0295. The Hall–Kier alpha value is -2.14. The summed E-state index contributed by atoms with van der Waals surface area (Å²) in [4.78, 5) is 14.7. The lowest BCUT2D eigenvalue weighted by molar-refractivity contribution is -0.123. The Kier molecular flexibility index (Phi) is 5.87. The normalized spacial score (nSPS) is 17.4. The SMILES string of the molecule is CC[C@@H](NC(=O)CN1CCC(c2ccccc2)CC1)c1ccnn1C. The van der Waals surface area contributed by atoms with Crippen molar-refractivity contribution in [2.24, 2.45) is 7.05 Å². The van der Waals surface area contributed by atoms with Gasteiger partial charge < -0.3 is 5.32 Å². The van der Waals surface area contributed by atoms with Gasteiger partial charge in [-0.25, -0.2) is 0 Å². The van der Waals surface area contributed by atoms with Crippen molar-refractivity contribution < 1.29 is 4.79 Å². The molecule has 1 fully saturated rings. The Morgan fingerprint density at radius 3 is 2.56 bits per heavy atom. The Morgan fingerprint density at radius 2 is 1.96 bits per heavy atom. The highest BCUT2D eigenvalue weighted by Crippen LogP contribution is 2.27. The van der Waals surface area contributed by atoms with E-state index >= 15 is 0 Å². The first-order valence-corrected chi connectivity index (χ1v) is 9.22. The molecule has 134 valence electrons. The monoisotopic (exact) mass is 340 g/mol. The lowest BCUT2D eigenvalue weighted by Gasteiger charge is -2.32. The molecule has 1 aliphatic heterocycles. The minimum Gasteiger partial charge on any atom is -0.347 e. The number of aromatic nitrogens is 2. The maximum Gasteiger partial charge on any atom is 0.234 e. The molecule has 1 saturated heterocycles. The number of carbonyl (C=O) groups is 1. The Balaban J connectivity index is 1.48. The second-order valence-corrected chi connectivity index (χ2v) is 6.87.